The van der Waals surface area contributed by atoms with E-state index in [1.54, 1.807) is 30.3 Å². The van der Waals surface area contributed by atoms with E-state index >= 15 is 0 Å². The molecule has 7 nitrogen and oxygen atoms in total. The van der Waals surface area contributed by atoms with Gasteiger partial charge in [-0.05, 0) is 61.1 Å². The Morgan fingerprint density at radius 3 is 2.39 bits per heavy atom. The lowest BCUT2D eigenvalue weighted by atomic mass is 10.0. The van der Waals surface area contributed by atoms with Crippen molar-refractivity contribution in [3.05, 3.63) is 116 Å². The van der Waals surface area contributed by atoms with Gasteiger partial charge in [-0.25, -0.2) is 9.18 Å². The number of rotatable bonds is 10. The van der Waals surface area contributed by atoms with Gasteiger partial charge in [0, 0.05) is 43.7 Å². The Hall–Kier alpha value is -3.75. The summed E-state index contributed by atoms with van der Waals surface area (Å²) in [7, 11) is 0. The van der Waals surface area contributed by atoms with Crippen molar-refractivity contribution in [3.63, 3.8) is 0 Å². The molecule has 0 unspecified atom stereocenters. The van der Waals surface area contributed by atoms with Crippen LogP contribution in [-0.4, -0.2) is 39.1 Å². The van der Waals surface area contributed by atoms with Crippen LogP contribution in [0.4, 0.5) is 4.39 Å². The summed E-state index contributed by atoms with van der Waals surface area (Å²) in [6.45, 7) is 3.12. The molecule has 0 saturated carbocycles. The molecular formula is C32H34ClFN4O3. The van der Waals surface area contributed by atoms with Crippen molar-refractivity contribution in [1.29, 1.82) is 0 Å². The second kappa shape index (κ2) is 13.3. The van der Waals surface area contributed by atoms with Crippen molar-refractivity contribution < 1.29 is 9.18 Å². The van der Waals surface area contributed by atoms with Crippen LogP contribution in [0, 0.1) is 5.82 Å². The predicted octanol–water partition coefficient (Wildman–Crippen LogP) is 4.96. The maximum atomic E-state index is 13.6. The largest absolute Gasteiger partial charge is 0.353 e. The Balaban J connectivity index is 1.16. The molecule has 1 aliphatic heterocycles. The monoisotopic (exact) mass is 576 g/mol. The smallest absolute Gasteiger partial charge is 0.331 e. The highest BCUT2D eigenvalue weighted by molar-refractivity contribution is 6.31. The standard InChI is InChI=1S/C32H34ClFN4O3/c33-28-20-25(34)14-13-24(28)22-38-29-11-5-4-10-27(29)31(40)37(32(38)41)17-7-6-12-30(39)35-26-15-18-36(19-16-26)21-23-8-2-1-3-9-23/h1-5,8-11,13-14,20,26H,6-7,12,15-19,21-22H2,(H,35,39). The van der Waals surface area contributed by atoms with E-state index in [9.17, 15) is 18.8 Å². The van der Waals surface area contributed by atoms with E-state index in [4.69, 9.17) is 11.6 Å². The van der Waals surface area contributed by atoms with Crippen LogP contribution in [0.2, 0.25) is 5.02 Å². The molecule has 0 aliphatic carbocycles. The minimum Gasteiger partial charge on any atom is -0.353 e. The third-order valence-electron chi connectivity index (χ3n) is 7.71. The van der Waals surface area contributed by atoms with Gasteiger partial charge in [0.1, 0.15) is 5.82 Å². The SMILES string of the molecule is O=C(CCCCn1c(=O)c2ccccc2n(Cc2ccc(F)cc2Cl)c1=O)NC1CCN(Cc2ccccc2)CC1. The summed E-state index contributed by atoms with van der Waals surface area (Å²) in [5, 5.41) is 3.79. The topological polar surface area (TPSA) is 76.3 Å². The molecular weight excluding hydrogens is 543 g/mol. The second-order valence-electron chi connectivity index (χ2n) is 10.6. The van der Waals surface area contributed by atoms with Gasteiger partial charge in [0.25, 0.3) is 5.56 Å². The Labute approximate surface area is 243 Å². The first-order valence-electron chi connectivity index (χ1n) is 14.1. The summed E-state index contributed by atoms with van der Waals surface area (Å²) in [5.74, 6) is -0.459. The lowest BCUT2D eigenvalue weighted by Crippen LogP contribution is -2.44. The van der Waals surface area contributed by atoms with Crippen LogP contribution in [0.25, 0.3) is 10.9 Å². The third kappa shape index (κ3) is 7.13. The number of hydrogen-bond donors (Lipinski definition) is 1. The lowest BCUT2D eigenvalue weighted by molar-refractivity contribution is -0.122. The van der Waals surface area contributed by atoms with Crippen molar-refractivity contribution >= 4 is 28.4 Å². The molecule has 1 saturated heterocycles. The number of halogens is 2. The highest BCUT2D eigenvalue weighted by Gasteiger charge is 2.21. The number of nitrogens with zero attached hydrogens (tertiary/aromatic N) is 3. The molecule has 1 aromatic heterocycles. The molecule has 0 radical (unpaired) electrons. The molecule has 214 valence electrons. The number of unbranched alkanes of at least 4 members (excludes halogenated alkanes) is 1. The van der Waals surface area contributed by atoms with Crippen molar-refractivity contribution in [3.8, 4) is 0 Å². The van der Waals surface area contributed by atoms with Gasteiger partial charge in [0.05, 0.1) is 17.4 Å². The molecule has 1 fully saturated rings. The highest BCUT2D eigenvalue weighted by Crippen LogP contribution is 2.20. The molecule has 9 heteroatoms. The van der Waals surface area contributed by atoms with E-state index in [-0.39, 0.29) is 35.6 Å². The number of carbonyl (C=O) groups excluding carboxylic acids is 1. The lowest BCUT2D eigenvalue weighted by Gasteiger charge is -2.32. The van der Waals surface area contributed by atoms with Crippen molar-refractivity contribution in [1.82, 2.24) is 19.4 Å². The molecule has 5 rings (SSSR count). The zero-order valence-corrected chi connectivity index (χ0v) is 23.7. The van der Waals surface area contributed by atoms with E-state index in [2.05, 4.69) is 34.5 Å². The fourth-order valence-corrected chi connectivity index (χ4v) is 5.70. The molecule has 1 aliphatic rings. The summed E-state index contributed by atoms with van der Waals surface area (Å²) in [4.78, 5) is 41.7. The maximum Gasteiger partial charge on any atom is 0.331 e. The summed E-state index contributed by atoms with van der Waals surface area (Å²) in [6, 6.07) is 21.5. The normalized spacial score (nSPS) is 14.4. The van der Waals surface area contributed by atoms with Crippen LogP contribution >= 0.6 is 11.6 Å². The first-order chi connectivity index (χ1) is 19.9. The fraction of sp³-hybridized carbons (Fsp3) is 0.344. The summed E-state index contributed by atoms with van der Waals surface area (Å²) < 4.78 is 16.3. The Morgan fingerprint density at radius 1 is 0.902 bits per heavy atom. The van der Waals surface area contributed by atoms with Gasteiger partial charge in [-0.2, -0.15) is 0 Å². The van der Waals surface area contributed by atoms with Crippen LogP contribution in [0.1, 0.15) is 43.2 Å². The predicted molar refractivity (Wildman–Crippen MR) is 160 cm³/mol. The van der Waals surface area contributed by atoms with Crippen LogP contribution < -0.4 is 16.6 Å². The van der Waals surface area contributed by atoms with E-state index in [0.29, 0.717) is 35.7 Å². The average molecular weight is 577 g/mol. The summed E-state index contributed by atoms with van der Waals surface area (Å²) in [6.07, 6.45) is 3.24. The Kier molecular flexibility index (Phi) is 9.31. The van der Waals surface area contributed by atoms with E-state index in [1.165, 1.54) is 26.8 Å². The number of piperidine rings is 1. The molecule has 4 aromatic rings. The minimum atomic E-state index is -0.460. The molecule has 41 heavy (non-hydrogen) atoms. The van der Waals surface area contributed by atoms with Crippen molar-refractivity contribution in [2.75, 3.05) is 13.1 Å². The Bertz CT molecular complexity index is 1630. The zero-order valence-electron chi connectivity index (χ0n) is 22.9. The number of benzene rings is 3. The number of likely N-dealkylation sites (tertiary alicyclic amines) is 1. The number of amides is 1. The third-order valence-corrected chi connectivity index (χ3v) is 8.06. The van der Waals surface area contributed by atoms with Crippen LogP contribution in [0.15, 0.2) is 82.4 Å². The number of hydrogen-bond acceptors (Lipinski definition) is 4. The molecule has 2 heterocycles. The average Bonchev–Trinajstić information content (AvgIpc) is 2.97. The quantitative estimate of drug-likeness (QED) is 0.271. The first-order valence-corrected chi connectivity index (χ1v) is 14.5. The first kappa shape index (κ1) is 28.8. The number of para-hydroxylation sites is 1. The van der Waals surface area contributed by atoms with Gasteiger partial charge in [0.15, 0.2) is 0 Å². The number of carbonyl (C=O) groups is 1. The molecule has 1 N–H and O–H groups in total. The second-order valence-corrected chi connectivity index (χ2v) is 11.0. The number of fused-ring (bicyclic) bond motifs is 1. The Morgan fingerprint density at radius 2 is 1.63 bits per heavy atom. The van der Waals surface area contributed by atoms with Gasteiger partial charge >= 0.3 is 5.69 Å². The van der Waals surface area contributed by atoms with Crippen LogP contribution in [0.5, 0.6) is 0 Å². The van der Waals surface area contributed by atoms with Crippen LogP contribution in [-0.2, 0) is 24.4 Å². The van der Waals surface area contributed by atoms with Gasteiger partial charge in [-0.1, -0.05) is 60.1 Å². The highest BCUT2D eigenvalue weighted by atomic mass is 35.5. The van der Waals surface area contributed by atoms with Gasteiger partial charge in [0.2, 0.25) is 5.91 Å². The maximum absolute atomic E-state index is 13.6. The summed E-state index contributed by atoms with van der Waals surface area (Å²) >= 11 is 6.23. The number of aromatic nitrogens is 2. The molecule has 0 atom stereocenters. The molecule has 1 amide bonds. The molecule has 0 spiro atoms. The van der Waals surface area contributed by atoms with Crippen LogP contribution in [0.3, 0.4) is 0 Å². The van der Waals surface area contributed by atoms with Crippen molar-refractivity contribution in [2.45, 2.75) is 57.8 Å². The number of nitrogens with one attached hydrogen (secondary N) is 1. The van der Waals surface area contributed by atoms with Gasteiger partial charge < -0.3 is 5.32 Å². The molecule has 3 aromatic carbocycles. The zero-order chi connectivity index (χ0) is 28.8. The van der Waals surface area contributed by atoms with Gasteiger partial charge in [-0.3, -0.25) is 23.6 Å². The van der Waals surface area contributed by atoms with E-state index < -0.39 is 11.5 Å². The fourth-order valence-electron chi connectivity index (χ4n) is 5.47. The van der Waals surface area contributed by atoms with Gasteiger partial charge in [-0.15, -0.1) is 0 Å². The van der Waals surface area contributed by atoms with E-state index in [0.717, 1.165) is 32.5 Å². The minimum absolute atomic E-state index is 0.000676. The molecule has 0 bridgehead atoms. The van der Waals surface area contributed by atoms with Crippen molar-refractivity contribution in [2.24, 2.45) is 0 Å². The summed E-state index contributed by atoms with van der Waals surface area (Å²) in [5.41, 5.74) is 1.55. The van der Waals surface area contributed by atoms with E-state index in [1.807, 2.05) is 6.07 Å².